The fraction of sp³-hybridized carbons (Fsp3) is 0.130. The number of carbonyl (C=O) groups excluding carboxylic acids is 1. The molecule has 0 aliphatic heterocycles. The Morgan fingerprint density at radius 2 is 1.75 bits per heavy atom. The van der Waals surface area contributed by atoms with Gasteiger partial charge in [0.1, 0.15) is 22.9 Å². The van der Waals surface area contributed by atoms with E-state index < -0.39 is 0 Å². The molecule has 0 fully saturated rings. The minimum absolute atomic E-state index is 0.166. The maximum atomic E-state index is 12.9. The normalized spacial score (nSPS) is 10.8. The van der Waals surface area contributed by atoms with Crippen molar-refractivity contribution in [1.29, 1.82) is 0 Å². The summed E-state index contributed by atoms with van der Waals surface area (Å²) in [6, 6.07) is 19.2. The van der Waals surface area contributed by atoms with Crippen LogP contribution in [0.25, 0.3) is 16.9 Å². The number of nitrogens with one attached hydrogen (secondary N) is 1. The van der Waals surface area contributed by atoms with E-state index in [4.69, 9.17) is 9.72 Å². The van der Waals surface area contributed by atoms with Crippen LogP contribution in [0.4, 0.5) is 5.82 Å². The molecule has 0 atom stereocenters. The third kappa shape index (κ3) is 3.34. The Balaban J connectivity index is 1.81. The predicted molar refractivity (Wildman–Crippen MR) is 111 cm³/mol. The van der Waals surface area contributed by atoms with Crippen molar-refractivity contribution in [2.24, 2.45) is 0 Å². The molecule has 140 valence electrons. The van der Waals surface area contributed by atoms with E-state index in [-0.39, 0.29) is 5.91 Å². The summed E-state index contributed by atoms with van der Waals surface area (Å²) in [6.07, 6.45) is 1.93. The molecular weight excluding hydrogens is 350 g/mol. The number of ether oxygens (including phenoxy) is 1. The summed E-state index contributed by atoms with van der Waals surface area (Å²) in [5.74, 6) is 1.25. The van der Waals surface area contributed by atoms with E-state index in [9.17, 15) is 4.79 Å². The van der Waals surface area contributed by atoms with Gasteiger partial charge in [0.2, 0.25) is 0 Å². The van der Waals surface area contributed by atoms with Gasteiger partial charge in [-0.1, -0.05) is 17.7 Å². The Morgan fingerprint density at radius 1 is 1.00 bits per heavy atom. The molecule has 0 saturated heterocycles. The molecule has 1 amide bonds. The highest BCUT2D eigenvalue weighted by atomic mass is 16.5. The van der Waals surface area contributed by atoms with Gasteiger partial charge in [-0.3, -0.25) is 9.20 Å². The molecule has 1 N–H and O–H groups in total. The van der Waals surface area contributed by atoms with Gasteiger partial charge in [-0.25, -0.2) is 4.98 Å². The van der Waals surface area contributed by atoms with Crippen molar-refractivity contribution < 1.29 is 9.53 Å². The Bertz CT molecular complexity index is 1160. The minimum atomic E-state index is -0.166. The van der Waals surface area contributed by atoms with E-state index in [0.29, 0.717) is 17.1 Å². The molecule has 0 unspecified atom stereocenters. The second kappa shape index (κ2) is 7.19. The van der Waals surface area contributed by atoms with E-state index in [1.165, 1.54) is 0 Å². The van der Waals surface area contributed by atoms with Crippen LogP contribution in [-0.2, 0) is 0 Å². The molecule has 0 aliphatic carbocycles. The van der Waals surface area contributed by atoms with E-state index in [1.807, 2.05) is 85.1 Å². The van der Waals surface area contributed by atoms with Crippen LogP contribution < -0.4 is 10.1 Å². The largest absolute Gasteiger partial charge is 0.497 e. The lowest BCUT2D eigenvalue weighted by atomic mass is 10.1. The number of aromatic nitrogens is 2. The van der Waals surface area contributed by atoms with Gasteiger partial charge in [0, 0.05) is 17.3 Å². The summed E-state index contributed by atoms with van der Waals surface area (Å²) >= 11 is 0. The maximum absolute atomic E-state index is 12.9. The topological polar surface area (TPSA) is 55.6 Å². The van der Waals surface area contributed by atoms with Crippen molar-refractivity contribution in [3.05, 3.63) is 83.6 Å². The molecule has 0 bridgehead atoms. The van der Waals surface area contributed by atoms with E-state index in [0.717, 1.165) is 28.1 Å². The van der Waals surface area contributed by atoms with Crippen LogP contribution in [0.15, 0.2) is 66.9 Å². The van der Waals surface area contributed by atoms with Crippen LogP contribution in [0.5, 0.6) is 5.75 Å². The van der Waals surface area contributed by atoms with Gasteiger partial charge in [0.15, 0.2) is 0 Å². The van der Waals surface area contributed by atoms with Crippen molar-refractivity contribution in [1.82, 2.24) is 9.38 Å². The first-order chi connectivity index (χ1) is 13.5. The number of carbonyl (C=O) groups is 1. The molecule has 2 heterocycles. The van der Waals surface area contributed by atoms with E-state index in [2.05, 4.69) is 5.32 Å². The van der Waals surface area contributed by atoms with Crippen molar-refractivity contribution in [2.45, 2.75) is 13.8 Å². The molecule has 0 aliphatic rings. The second-order valence-electron chi connectivity index (χ2n) is 6.79. The first-order valence-corrected chi connectivity index (χ1v) is 9.06. The highest BCUT2D eigenvalue weighted by Gasteiger charge is 2.17. The van der Waals surface area contributed by atoms with Gasteiger partial charge in [-0.15, -0.1) is 0 Å². The average molecular weight is 371 g/mol. The molecule has 4 rings (SSSR count). The molecule has 2 aromatic heterocycles. The summed E-state index contributed by atoms with van der Waals surface area (Å²) in [6.45, 7) is 3.99. The number of pyridine rings is 1. The van der Waals surface area contributed by atoms with Crippen molar-refractivity contribution in [3.63, 3.8) is 0 Å². The number of hydrogen-bond acceptors (Lipinski definition) is 3. The van der Waals surface area contributed by atoms with Crippen LogP contribution >= 0.6 is 0 Å². The Morgan fingerprint density at radius 3 is 2.46 bits per heavy atom. The third-order valence-corrected chi connectivity index (χ3v) is 4.66. The van der Waals surface area contributed by atoms with Gasteiger partial charge < -0.3 is 10.1 Å². The minimum Gasteiger partial charge on any atom is -0.497 e. The molecule has 28 heavy (non-hydrogen) atoms. The standard InChI is InChI=1S/C23H21N3O2/c1-15-5-4-6-18(13-15)23(27)25-22-21(17-7-9-19(28-3)10-8-17)24-20-14-16(2)11-12-26(20)22/h4-14H,1-3H3,(H,25,27). The molecular formula is C23H21N3O2. The quantitative estimate of drug-likeness (QED) is 0.556. The van der Waals surface area contributed by atoms with E-state index >= 15 is 0 Å². The van der Waals surface area contributed by atoms with Gasteiger partial charge >= 0.3 is 0 Å². The number of nitrogens with zero attached hydrogens (tertiary/aromatic N) is 2. The summed E-state index contributed by atoms with van der Waals surface area (Å²) in [5.41, 5.74) is 5.16. The van der Waals surface area contributed by atoms with E-state index in [1.54, 1.807) is 7.11 Å². The van der Waals surface area contributed by atoms with Crippen molar-refractivity contribution in [2.75, 3.05) is 12.4 Å². The van der Waals surface area contributed by atoms with Crippen molar-refractivity contribution >= 4 is 17.4 Å². The fourth-order valence-corrected chi connectivity index (χ4v) is 3.18. The Hall–Kier alpha value is -3.60. The number of amides is 1. The SMILES string of the molecule is COc1ccc(-c2nc3cc(C)ccn3c2NC(=O)c2cccc(C)c2)cc1. The second-order valence-corrected chi connectivity index (χ2v) is 6.79. The summed E-state index contributed by atoms with van der Waals surface area (Å²) in [4.78, 5) is 17.7. The van der Waals surface area contributed by atoms with Gasteiger partial charge in [-0.05, 0) is 67.9 Å². The smallest absolute Gasteiger partial charge is 0.256 e. The highest BCUT2D eigenvalue weighted by molar-refractivity contribution is 6.05. The summed E-state index contributed by atoms with van der Waals surface area (Å²) in [5, 5.41) is 3.05. The summed E-state index contributed by atoms with van der Waals surface area (Å²) in [7, 11) is 1.64. The van der Waals surface area contributed by atoms with Crippen LogP contribution in [0.3, 0.4) is 0 Å². The molecule has 0 spiro atoms. The number of anilines is 1. The lowest BCUT2D eigenvalue weighted by Gasteiger charge is -2.09. The first kappa shape index (κ1) is 17.8. The number of aryl methyl sites for hydroxylation is 2. The zero-order valence-electron chi connectivity index (χ0n) is 16.1. The maximum Gasteiger partial charge on any atom is 0.256 e. The molecule has 5 nitrogen and oxygen atoms in total. The highest BCUT2D eigenvalue weighted by Crippen LogP contribution is 2.30. The molecule has 5 heteroatoms. The number of hydrogen-bond donors (Lipinski definition) is 1. The number of imidazole rings is 1. The number of benzene rings is 2. The summed E-state index contributed by atoms with van der Waals surface area (Å²) < 4.78 is 7.15. The average Bonchev–Trinajstić information content (AvgIpc) is 3.05. The first-order valence-electron chi connectivity index (χ1n) is 9.06. The van der Waals surface area contributed by atoms with Gasteiger partial charge in [-0.2, -0.15) is 0 Å². The Kier molecular flexibility index (Phi) is 4.57. The van der Waals surface area contributed by atoms with Crippen LogP contribution in [0.2, 0.25) is 0 Å². The Labute approximate surface area is 163 Å². The van der Waals surface area contributed by atoms with Crippen LogP contribution in [-0.4, -0.2) is 22.4 Å². The lowest BCUT2D eigenvalue weighted by Crippen LogP contribution is -2.14. The monoisotopic (exact) mass is 371 g/mol. The van der Waals surface area contributed by atoms with Crippen molar-refractivity contribution in [3.8, 4) is 17.0 Å². The number of fused-ring (bicyclic) bond motifs is 1. The number of rotatable bonds is 4. The van der Waals surface area contributed by atoms with Crippen LogP contribution in [0, 0.1) is 13.8 Å². The fourth-order valence-electron chi connectivity index (χ4n) is 3.18. The zero-order valence-corrected chi connectivity index (χ0v) is 16.1. The third-order valence-electron chi connectivity index (χ3n) is 4.66. The van der Waals surface area contributed by atoms with Gasteiger partial charge in [0.25, 0.3) is 5.91 Å². The molecule has 0 saturated carbocycles. The lowest BCUT2D eigenvalue weighted by molar-refractivity contribution is 0.102. The number of methoxy groups -OCH3 is 1. The molecule has 4 aromatic rings. The van der Waals surface area contributed by atoms with Crippen LogP contribution in [0.1, 0.15) is 21.5 Å². The predicted octanol–water partition coefficient (Wildman–Crippen LogP) is 4.88. The zero-order chi connectivity index (χ0) is 19.7. The molecule has 2 aromatic carbocycles. The molecule has 0 radical (unpaired) electrons. The van der Waals surface area contributed by atoms with Gasteiger partial charge in [0.05, 0.1) is 7.11 Å².